The zero-order chi connectivity index (χ0) is 20.3. The molecule has 0 bridgehead atoms. The molecule has 0 aliphatic carbocycles. The molecule has 0 unspecified atom stereocenters. The number of nitrogens with zero attached hydrogens (tertiary/aromatic N) is 2. The lowest BCUT2D eigenvalue weighted by molar-refractivity contribution is -0.113. The predicted octanol–water partition coefficient (Wildman–Crippen LogP) is 6.59. The fourth-order valence-corrected chi connectivity index (χ4v) is 4.41. The molecule has 0 radical (unpaired) electrons. The molecule has 3 aromatic rings. The van der Waals surface area contributed by atoms with E-state index in [9.17, 15) is 4.79 Å². The molecule has 28 heavy (non-hydrogen) atoms. The molecule has 3 rings (SSSR count). The van der Waals surface area contributed by atoms with Crippen molar-refractivity contribution in [3.8, 4) is 0 Å². The number of halogens is 3. The van der Waals surface area contributed by atoms with Crippen LogP contribution >= 0.6 is 57.9 Å². The van der Waals surface area contributed by atoms with Crippen LogP contribution < -0.4 is 10.6 Å². The quantitative estimate of drug-likeness (QED) is 0.312. The number of carbonyl (C=O) groups is 1. The second-order valence-electron chi connectivity index (χ2n) is 5.83. The number of hydrogen-bond donors (Lipinski definition) is 2. The van der Waals surface area contributed by atoms with E-state index in [1.165, 1.54) is 40.8 Å². The highest BCUT2D eigenvalue weighted by atomic mass is 35.5. The van der Waals surface area contributed by atoms with E-state index in [0.717, 1.165) is 11.3 Å². The summed E-state index contributed by atoms with van der Waals surface area (Å²) in [6, 6.07) is 9.04. The molecule has 1 aromatic heterocycles. The van der Waals surface area contributed by atoms with Gasteiger partial charge in [0.05, 0.1) is 26.5 Å². The average Bonchev–Trinajstić information content (AvgIpc) is 3.09. The number of nitrogens with one attached hydrogen (secondary N) is 2. The van der Waals surface area contributed by atoms with Crippen molar-refractivity contribution in [2.24, 2.45) is 0 Å². The van der Waals surface area contributed by atoms with Gasteiger partial charge in [0.1, 0.15) is 0 Å². The van der Waals surface area contributed by atoms with Crippen molar-refractivity contribution in [1.29, 1.82) is 0 Å². The van der Waals surface area contributed by atoms with Crippen LogP contribution in [-0.4, -0.2) is 21.9 Å². The van der Waals surface area contributed by atoms with Crippen LogP contribution in [0.1, 0.15) is 11.1 Å². The number of benzene rings is 2. The van der Waals surface area contributed by atoms with E-state index >= 15 is 0 Å². The van der Waals surface area contributed by atoms with Crippen LogP contribution in [0, 0.1) is 13.8 Å². The summed E-state index contributed by atoms with van der Waals surface area (Å²) in [5, 5.41) is 15.9. The van der Waals surface area contributed by atoms with E-state index in [2.05, 4.69) is 33.8 Å². The topological polar surface area (TPSA) is 66.9 Å². The highest BCUT2D eigenvalue weighted by Gasteiger charge is 2.12. The molecular formula is C18H15Cl3N4OS2. The van der Waals surface area contributed by atoms with Crippen molar-refractivity contribution in [3.05, 3.63) is 56.5 Å². The molecule has 5 nitrogen and oxygen atoms in total. The molecule has 2 aromatic carbocycles. The maximum atomic E-state index is 12.2. The van der Waals surface area contributed by atoms with Gasteiger partial charge in [0.25, 0.3) is 0 Å². The van der Waals surface area contributed by atoms with Crippen LogP contribution in [0.25, 0.3) is 0 Å². The van der Waals surface area contributed by atoms with Gasteiger partial charge in [0.15, 0.2) is 4.34 Å². The Labute approximate surface area is 185 Å². The van der Waals surface area contributed by atoms with Gasteiger partial charge in [-0.3, -0.25) is 4.79 Å². The van der Waals surface area contributed by atoms with E-state index in [0.29, 0.717) is 30.2 Å². The summed E-state index contributed by atoms with van der Waals surface area (Å²) in [5.41, 5.74) is 3.75. The third-order valence-corrected chi connectivity index (χ3v) is 6.87. The molecule has 0 atom stereocenters. The molecule has 0 saturated carbocycles. The van der Waals surface area contributed by atoms with Crippen LogP contribution in [0.4, 0.5) is 16.5 Å². The monoisotopic (exact) mass is 472 g/mol. The van der Waals surface area contributed by atoms with Gasteiger partial charge in [-0.1, -0.05) is 70.0 Å². The number of carbonyl (C=O) groups excluding carboxylic acids is 1. The van der Waals surface area contributed by atoms with Crippen molar-refractivity contribution in [2.45, 2.75) is 18.2 Å². The van der Waals surface area contributed by atoms with Crippen LogP contribution in [0.5, 0.6) is 0 Å². The molecular weight excluding hydrogens is 459 g/mol. The SMILES string of the molecule is Cc1cccc(Nc2nnc(SCC(=O)Nc3cc(Cl)c(Cl)cc3Cl)s2)c1C. The van der Waals surface area contributed by atoms with Crippen molar-refractivity contribution in [1.82, 2.24) is 10.2 Å². The average molecular weight is 474 g/mol. The molecule has 0 aliphatic rings. The first-order chi connectivity index (χ1) is 13.3. The number of hydrogen-bond acceptors (Lipinski definition) is 6. The smallest absolute Gasteiger partial charge is 0.234 e. The number of aromatic nitrogens is 2. The van der Waals surface area contributed by atoms with Gasteiger partial charge >= 0.3 is 0 Å². The first kappa shape index (κ1) is 21.2. The third-order valence-electron chi connectivity index (χ3n) is 3.86. The van der Waals surface area contributed by atoms with Crippen LogP contribution in [0.15, 0.2) is 34.7 Å². The fraction of sp³-hybridized carbons (Fsp3) is 0.167. The van der Waals surface area contributed by atoms with E-state index in [-0.39, 0.29) is 11.7 Å². The first-order valence-corrected chi connectivity index (χ1v) is 11.0. The van der Waals surface area contributed by atoms with Crippen molar-refractivity contribution in [2.75, 3.05) is 16.4 Å². The predicted molar refractivity (Wildman–Crippen MR) is 120 cm³/mol. The molecule has 0 aliphatic heterocycles. The van der Waals surface area contributed by atoms with Crippen molar-refractivity contribution in [3.63, 3.8) is 0 Å². The summed E-state index contributed by atoms with van der Waals surface area (Å²) < 4.78 is 0.684. The van der Waals surface area contributed by atoms with Crippen molar-refractivity contribution < 1.29 is 4.79 Å². The largest absolute Gasteiger partial charge is 0.330 e. The molecule has 0 saturated heterocycles. The fourth-order valence-electron chi connectivity index (χ4n) is 2.25. The number of aryl methyl sites for hydroxylation is 1. The number of rotatable bonds is 6. The Balaban J connectivity index is 1.58. The second kappa shape index (κ2) is 9.33. The number of amides is 1. The van der Waals surface area contributed by atoms with E-state index < -0.39 is 0 Å². The molecule has 0 spiro atoms. The Morgan fingerprint density at radius 3 is 2.61 bits per heavy atom. The second-order valence-corrected chi connectivity index (χ2v) is 9.25. The van der Waals surface area contributed by atoms with Gasteiger partial charge in [0.2, 0.25) is 11.0 Å². The lowest BCUT2D eigenvalue weighted by Gasteiger charge is -2.08. The van der Waals surface area contributed by atoms with Crippen LogP contribution in [0.3, 0.4) is 0 Å². The van der Waals surface area contributed by atoms with E-state index in [1.54, 1.807) is 0 Å². The lowest BCUT2D eigenvalue weighted by Crippen LogP contribution is -2.14. The molecule has 10 heteroatoms. The maximum Gasteiger partial charge on any atom is 0.234 e. The molecule has 0 fully saturated rings. The Morgan fingerprint density at radius 1 is 1.07 bits per heavy atom. The van der Waals surface area contributed by atoms with Crippen LogP contribution in [0.2, 0.25) is 15.1 Å². The summed E-state index contributed by atoms with van der Waals surface area (Å²) in [6.45, 7) is 4.10. The lowest BCUT2D eigenvalue weighted by atomic mass is 10.1. The minimum absolute atomic E-state index is 0.161. The Morgan fingerprint density at radius 2 is 1.82 bits per heavy atom. The first-order valence-electron chi connectivity index (χ1n) is 8.07. The molecule has 146 valence electrons. The number of anilines is 3. The summed E-state index contributed by atoms with van der Waals surface area (Å²) in [5.74, 6) is -0.0705. The van der Waals surface area contributed by atoms with Gasteiger partial charge in [-0.2, -0.15) is 0 Å². The summed E-state index contributed by atoms with van der Waals surface area (Å²) in [4.78, 5) is 12.2. The Bertz CT molecular complexity index is 1030. The summed E-state index contributed by atoms with van der Waals surface area (Å²) >= 11 is 20.6. The third kappa shape index (κ3) is 5.30. The minimum Gasteiger partial charge on any atom is -0.330 e. The van der Waals surface area contributed by atoms with Crippen LogP contribution in [-0.2, 0) is 4.79 Å². The number of thioether (sulfide) groups is 1. The normalized spacial score (nSPS) is 10.8. The zero-order valence-corrected chi connectivity index (χ0v) is 18.7. The Hall–Kier alpha value is -1.51. The molecule has 2 N–H and O–H groups in total. The highest BCUT2D eigenvalue weighted by molar-refractivity contribution is 8.01. The maximum absolute atomic E-state index is 12.2. The Kier molecular flexibility index (Phi) is 7.06. The molecule has 1 amide bonds. The minimum atomic E-state index is -0.232. The molecule has 1 heterocycles. The van der Waals surface area contributed by atoms with Gasteiger partial charge in [-0.05, 0) is 43.2 Å². The van der Waals surface area contributed by atoms with Gasteiger partial charge in [-0.25, -0.2) is 0 Å². The van der Waals surface area contributed by atoms with Crippen molar-refractivity contribution >= 4 is 80.3 Å². The van der Waals surface area contributed by atoms with Gasteiger partial charge in [-0.15, -0.1) is 10.2 Å². The van der Waals surface area contributed by atoms with Gasteiger partial charge < -0.3 is 10.6 Å². The highest BCUT2D eigenvalue weighted by Crippen LogP contribution is 2.33. The van der Waals surface area contributed by atoms with Gasteiger partial charge in [0, 0.05) is 5.69 Å². The summed E-state index contributed by atoms with van der Waals surface area (Å²) in [7, 11) is 0. The standard InChI is InChI=1S/C18H15Cl3N4OS2/c1-9-4-3-5-14(10(9)2)23-17-24-25-18(28-17)27-8-16(26)22-15-7-12(20)11(19)6-13(15)21/h3-7H,8H2,1-2H3,(H,22,26)(H,23,24). The zero-order valence-electron chi connectivity index (χ0n) is 14.8. The summed E-state index contributed by atoms with van der Waals surface area (Å²) in [6.07, 6.45) is 0. The van der Waals surface area contributed by atoms with E-state index in [4.69, 9.17) is 34.8 Å². The van der Waals surface area contributed by atoms with E-state index in [1.807, 2.05) is 19.1 Å².